The number of carbonyl (C=O) groups excluding carboxylic acids is 2. The first kappa shape index (κ1) is 21.5. The van der Waals surface area contributed by atoms with Crippen LogP contribution in [0.2, 0.25) is 5.02 Å². The first-order valence-corrected chi connectivity index (χ1v) is 9.89. The number of ether oxygens (including phenoxy) is 1. The molecule has 0 spiro atoms. The molecule has 0 aromatic heterocycles. The minimum atomic E-state index is -0.0280. The Morgan fingerprint density at radius 2 is 1.74 bits per heavy atom. The maximum Gasteiger partial charge on any atom is 0.260 e. The Morgan fingerprint density at radius 1 is 1.19 bits per heavy atom. The van der Waals surface area contributed by atoms with Gasteiger partial charge in [0.05, 0.1) is 0 Å². The van der Waals surface area contributed by atoms with Crippen LogP contribution in [-0.2, 0) is 9.59 Å². The molecule has 27 heavy (non-hydrogen) atoms. The first-order chi connectivity index (χ1) is 12.5. The second kappa shape index (κ2) is 8.96. The fourth-order valence-corrected chi connectivity index (χ4v) is 3.37. The Morgan fingerprint density at radius 3 is 2.26 bits per heavy atom. The SMILES string of the molecule is Cc1cc(OCC(=O)N2CCC(NC(=O)CC(C)(C)C)CC2)cc(C)c1Cl. The summed E-state index contributed by atoms with van der Waals surface area (Å²) in [6.45, 7) is 11.3. The summed E-state index contributed by atoms with van der Waals surface area (Å²) in [5.74, 6) is 0.718. The summed E-state index contributed by atoms with van der Waals surface area (Å²) in [6, 6.07) is 3.84. The molecule has 0 radical (unpaired) electrons. The number of halogens is 1. The third-order valence-electron chi connectivity index (χ3n) is 4.68. The number of nitrogens with one attached hydrogen (secondary N) is 1. The van der Waals surface area contributed by atoms with E-state index in [-0.39, 0.29) is 29.9 Å². The number of hydrogen-bond donors (Lipinski definition) is 1. The van der Waals surface area contributed by atoms with E-state index in [1.807, 2.05) is 30.9 Å². The number of hydrogen-bond acceptors (Lipinski definition) is 3. The highest BCUT2D eigenvalue weighted by molar-refractivity contribution is 6.32. The van der Waals surface area contributed by atoms with Crippen molar-refractivity contribution >= 4 is 23.4 Å². The standard InChI is InChI=1S/C21H31ClN2O3/c1-14-10-17(11-15(2)20(14)22)27-13-19(26)24-8-6-16(7-9-24)23-18(25)12-21(3,4)5/h10-11,16H,6-9,12-13H2,1-5H3,(H,23,25). The van der Waals surface area contributed by atoms with E-state index >= 15 is 0 Å². The smallest absolute Gasteiger partial charge is 0.260 e. The second-order valence-electron chi connectivity index (χ2n) is 8.62. The Balaban J connectivity index is 1.77. The van der Waals surface area contributed by atoms with Crippen LogP contribution in [0.5, 0.6) is 5.75 Å². The molecule has 150 valence electrons. The second-order valence-corrected chi connectivity index (χ2v) is 9.00. The van der Waals surface area contributed by atoms with Gasteiger partial charge in [-0.1, -0.05) is 32.4 Å². The van der Waals surface area contributed by atoms with Crippen LogP contribution < -0.4 is 10.1 Å². The van der Waals surface area contributed by atoms with Crippen molar-refractivity contribution in [2.24, 2.45) is 5.41 Å². The van der Waals surface area contributed by atoms with E-state index in [1.165, 1.54) is 0 Å². The topological polar surface area (TPSA) is 58.6 Å². The van der Waals surface area contributed by atoms with E-state index in [4.69, 9.17) is 16.3 Å². The molecular weight excluding hydrogens is 364 g/mol. The average Bonchev–Trinajstić information content (AvgIpc) is 2.56. The molecule has 2 rings (SSSR count). The first-order valence-electron chi connectivity index (χ1n) is 9.52. The summed E-state index contributed by atoms with van der Waals surface area (Å²) in [4.78, 5) is 26.3. The molecule has 1 fully saturated rings. The molecule has 1 heterocycles. The van der Waals surface area contributed by atoms with Gasteiger partial charge in [-0.15, -0.1) is 0 Å². The number of amides is 2. The molecule has 1 aliphatic rings. The summed E-state index contributed by atoms with van der Waals surface area (Å²) in [7, 11) is 0. The van der Waals surface area contributed by atoms with Crippen molar-refractivity contribution < 1.29 is 14.3 Å². The predicted octanol–water partition coefficient (Wildman–Crippen LogP) is 3.88. The number of rotatable bonds is 5. The van der Waals surface area contributed by atoms with Gasteiger partial charge in [0.2, 0.25) is 5.91 Å². The van der Waals surface area contributed by atoms with Crippen LogP contribution in [0.1, 0.15) is 51.2 Å². The van der Waals surface area contributed by atoms with Crippen LogP contribution in [0.25, 0.3) is 0 Å². The lowest BCUT2D eigenvalue weighted by atomic mass is 9.91. The Labute approximate surface area is 167 Å². The Bertz CT molecular complexity index is 666. The minimum Gasteiger partial charge on any atom is -0.484 e. The molecule has 6 heteroatoms. The zero-order chi connectivity index (χ0) is 20.2. The van der Waals surface area contributed by atoms with Crippen molar-refractivity contribution in [1.29, 1.82) is 0 Å². The average molecular weight is 395 g/mol. The summed E-state index contributed by atoms with van der Waals surface area (Å²) in [5, 5.41) is 3.82. The molecular formula is C21H31ClN2O3. The predicted molar refractivity (Wildman–Crippen MR) is 108 cm³/mol. The third kappa shape index (κ3) is 6.73. The van der Waals surface area contributed by atoms with E-state index in [0.717, 1.165) is 29.0 Å². The molecule has 2 amide bonds. The number of likely N-dealkylation sites (tertiary alicyclic amines) is 1. The molecule has 1 saturated heterocycles. The van der Waals surface area contributed by atoms with Crippen LogP contribution in [-0.4, -0.2) is 42.5 Å². The number of benzene rings is 1. The fourth-order valence-electron chi connectivity index (χ4n) is 3.26. The summed E-state index contributed by atoms with van der Waals surface area (Å²) < 4.78 is 5.66. The van der Waals surface area contributed by atoms with Gasteiger partial charge in [0, 0.05) is 30.6 Å². The highest BCUT2D eigenvalue weighted by Gasteiger charge is 2.25. The van der Waals surface area contributed by atoms with Crippen molar-refractivity contribution in [2.75, 3.05) is 19.7 Å². The lowest BCUT2D eigenvalue weighted by Gasteiger charge is -2.33. The number of carbonyl (C=O) groups is 2. The largest absolute Gasteiger partial charge is 0.484 e. The van der Waals surface area contributed by atoms with Gasteiger partial charge in [0.1, 0.15) is 5.75 Å². The summed E-state index contributed by atoms with van der Waals surface area (Å²) in [5.41, 5.74) is 1.85. The van der Waals surface area contributed by atoms with Crippen molar-refractivity contribution in [2.45, 2.75) is 59.9 Å². The van der Waals surface area contributed by atoms with Gasteiger partial charge in [-0.2, -0.15) is 0 Å². The normalized spacial score (nSPS) is 15.6. The summed E-state index contributed by atoms with van der Waals surface area (Å²) in [6.07, 6.45) is 2.07. The van der Waals surface area contributed by atoms with E-state index in [0.29, 0.717) is 25.3 Å². The summed E-state index contributed by atoms with van der Waals surface area (Å²) >= 11 is 6.16. The molecule has 0 bridgehead atoms. The minimum absolute atomic E-state index is 0.0154. The van der Waals surface area contributed by atoms with E-state index in [9.17, 15) is 9.59 Å². The molecule has 0 unspecified atom stereocenters. The molecule has 1 aliphatic heterocycles. The van der Waals surface area contributed by atoms with Gasteiger partial charge in [-0.3, -0.25) is 9.59 Å². The third-order valence-corrected chi connectivity index (χ3v) is 5.27. The quantitative estimate of drug-likeness (QED) is 0.824. The molecule has 0 saturated carbocycles. The van der Waals surface area contributed by atoms with Crippen molar-refractivity contribution in [1.82, 2.24) is 10.2 Å². The van der Waals surface area contributed by atoms with E-state index < -0.39 is 0 Å². The monoisotopic (exact) mass is 394 g/mol. The number of piperidine rings is 1. The lowest BCUT2D eigenvalue weighted by molar-refractivity contribution is -0.134. The number of nitrogens with zero attached hydrogens (tertiary/aromatic N) is 1. The lowest BCUT2D eigenvalue weighted by Crippen LogP contribution is -2.48. The maximum absolute atomic E-state index is 12.4. The molecule has 1 N–H and O–H groups in total. The van der Waals surface area contributed by atoms with Crippen LogP contribution in [0.15, 0.2) is 12.1 Å². The van der Waals surface area contributed by atoms with Gasteiger partial charge in [0.15, 0.2) is 6.61 Å². The van der Waals surface area contributed by atoms with Crippen LogP contribution in [0.4, 0.5) is 0 Å². The van der Waals surface area contributed by atoms with Gasteiger partial charge in [-0.25, -0.2) is 0 Å². The van der Waals surface area contributed by atoms with E-state index in [2.05, 4.69) is 26.1 Å². The van der Waals surface area contributed by atoms with E-state index in [1.54, 1.807) is 0 Å². The Kier molecular flexibility index (Phi) is 7.15. The Hall–Kier alpha value is -1.75. The van der Waals surface area contributed by atoms with Gasteiger partial charge in [-0.05, 0) is 55.4 Å². The maximum atomic E-state index is 12.4. The molecule has 5 nitrogen and oxygen atoms in total. The van der Waals surface area contributed by atoms with Crippen LogP contribution in [0, 0.1) is 19.3 Å². The molecule has 0 aliphatic carbocycles. The van der Waals surface area contributed by atoms with Crippen molar-refractivity contribution in [3.8, 4) is 5.75 Å². The number of aryl methyl sites for hydroxylation is 2. The van der Waals surface area contributed by atoms with Crippen molar-refractivity contribution in [3.05, 3.63) is 28.3 Å². The van der Waals surface area contributed by atoms with Gasteiger partial charge >= 0.3 is 0 Å². The zero-order valence-corrected chi connectivity index (χ0v) is 17.8. The molecule has 1 aromatic carbocycles. The van der Waals surface area contributed by atoms with Crippen LogP contribution >= 0.6 is 11.6 Å². The fraction of sp³-hybridized carbons (Fsp3) is 0.619. The zero-order valence-electron chi connectivity index (χ0n) is 17.0. The van der Waals surface area contributed by atoms with Gasteiger partial charge < -0.3 is 15.0 Å². The van der Waals surface area contributed by atoms with Crippen molar-refractivity contribution in [3.63, 3.8) is 0 Å². The molecule has 1 aromatic rings. The van der Waals surface area contributed by atoms with Crippen LogP contribution in [0.3, 0.4) is 0 Å². The highest BCUT2D eigenvalue weighted by Crippen LogP contribution is 2.26. The highest BCUT2D eigenvalue weighted by atomic mass is 35.5. The molecule has 0 atom stereocenters. The van der Waals surface area contributed by atoms with Gasteiger partial charge in [0.25, 0.3) is 5.91 Å².